The van der Waals surface area contributed by atoms with E-state index in [4.69, 9.17) is 11.6 Å². The van der Waals surface area contributed by atoms with Gasteiger partial charge in [-0.3, -0.25) is 14.4 Å². The molecule has 4 rings (SSSR count). The molecule has 0 aliphatic heterocycles. The summed E-state index contributed by atoms with van der Waals surface area (Å²) in [5, 5.41) is 22.6. The first kappa shape index (κ1) is 36.1. The Morgan fingerprint density at radius 2 is 1.47 bits per heavy atom. The molecule has 1 heterocycles. The molecule has 0 bridgehead atoms. The molecule has 3 amide bonds. The van der Waals surface area contributed by atoms with Crippen LogP contribution in [0.15, 0.2) is 66.7 Å². The molecule has 0 saturated carbocycles. The Bertz CT molecular complexity index is 1810. The molecule has 0 spiro atoms. The zero-order valence-corrected chi connectivity index (χ0v) is 26.5. The number of aromatic hydroxyl groups is 1. The minimum atomic E-state index is -5.10. The Hall–Kier alpha value is -5.71. The number of nitrogens with zero attached hydrogens (tertiary/aromatic N) is 3. The number of amides is 3. The number of carbonyl (C=O) groups excluding carboxylic acids is 3. The molecule has 0 radical (unpaired) electrons. The molecule has 258 valence electrons. The molecule has 6 N–H and O–H groups in total. The molecular formula is C31H29ClF4N8O5. The topological polar surface area (TPSA) is 179 Å². The highest BCUT2D eigenvalue weighted by atomic mass is 35.5. The van der Waals surface area contributed by atoms with E-state index < -0.39 is 47.3 Å². The van der Waals surface area contributed by atoms with Crippen molar-refractivity contribution in [3.05, 3.63) is 88.7 Å². The Labute approximate surface area is 281 Å². The van der Waals surface area contributed by atoms with Crippen molar-refractivity contribution in [3.63, 3.8) is 0 Å². The Kier molecular flexibility index (Phi) is 11.4. The summed E-state index contributed by atoms with van der Waals surface area (Å²) in [7, 11) is 0. The smallest absolute Gasteiger partial charge is 0.508 e. The van der Waals surface area contributed by atoms with Gasteiger partial charge in [0.05, 0.1) is 5.56 Å². The van der Waals surface area contributed by atoms with Crippen LogP contribution in [-0.4, -0.2) is 57.2 Å². The molecule has 4 aromatic rings. The van der Waals surface area contributed by atoms with Crippen molar-refractivity contribution in [2.75, 3.05) is 29.0 Å². The number of benzene rings is 3. The lowest BCUT2D eigenvalue weighted by atomic mass is 9.93. The summed E-state index contributed by atoms with van der Waals surface area (Å²) in [5.41, 5.74) is -0.100. The number of ether oxygens (including phenoxy) is 1. The fourth-order valence-corrected chi connectivity index (χ4v) is 4.07. The van der Waals surface area contributed by atoms with E-state index in [2.05, 4.69) is 46.3 Å². The zero-order chi connectivity index (χ0) is 35.8. The summed E-state index contributed by atoms with van der Waals surface area (Å²) < 4.78 is 57.6. The molecule has 18 heteroatoms. The number of phenols is 1. The zero-order valence-electron chi connectivity index (χ0n) is 25.8. The molecule has 0 fully saturated rings. The van der Waals surface area contributed by atoms with Crippen LogP contribution in [-0.2, 0) is 16.1 Å². The van der Waals surface area contributed by atoms with Crippen molar-refractivity contribution < 1.29 is 41.8 Å². The molecule has 1 aromatic heterocycles. The third-order valence-electron chi connectivity index (χ3n) is 6.44. The van der Waals surface area contributed by atoms with Crippen molar-refractivity contribution >= 4 is 52.6 Å². The summed E-state index contributed by atoms with van der Waals surface area (Å²) >= 11 is 5.87. The van der Waals surface area contributed by atoms with Crippen LogP contribution in [0, 0.1) is 11.2 Å². The van der Waals surface area contributed by atoms with Gasteiger partial charge in [0.1, 0.15) is 11.6 Å². The summed E-state index contributed by atoms with van der Waals surface area (Å²) in [4.78, 5) is 48.4. The third kappa shape index (κ3) is 11.5. The van der Waals surface area contributed by atoms with E-state index in [-0.39, 0.29) is 42.6 Å². The quantitative estimate of drug-likeness (QED) is 0.0658. The van der Waals surface area contributed by atoms with E-state index in [1.807, 2.05) is 0 Å². The lowest BCUT2D eigenvalue weighted by Gasteiger charge is -2.25. The van der Waals surface area contributed by atoms with Crippen LogP contribution in [0.2, 0.25) is 5.02 Å². The number of rotatable bonds is 12. The lowest BCUT2D eigenvalue weighted by molar-refractivity contribution is -0.277. The standard InChI is InChI=1S/C31H29ClF4N8O5/c1-30(2,16-39-25(47)26(48)40-19-7-10-21(45)11-8-19)15-38-24(46)22-12-9-20(13-23(22)33)41-28-42-27(43-29(44-28)49-31(34,35)36)37-14-17-3-5-18(32)6-4-17/h3-13,45H,14-16H2,1-2H3,(H,38,46)(H,39,47)(H,40,48)(H2,37,41,42,43,44). The fourth-order valence-electron chi connectivity index (χ4n) is 3.94. The molecule has 3 aromatic carbocycles. The monoisotopic (exact) mass is 704 g/mol. The van der Waals surface area contributed by atoms with Crippen LogP contribution in [0.4, 0.5) is 40.8 Å². The maximum Gasteiger partial charge on any atom is 0.575 e. The van der Waals surface area contributed by atoms with Gasteiger partial charge in [-0.15, -0.1) is 13.2 Å². The van der Waals surface area contributed by atoms with Gasteiger partial charge in [-0.2, -0.15) is 15.0 Å². The number of hydrogen-bond acceptors (Lipinski definition) is 10. The number of anilines is 4. The highest BCUT2D eigenvalue weighted by Gasteiger charge is 2.33. The molecule has 0 atom stereocenters. The second kappa shape index (κ2) is 15.5. The minimum Gasteiger partial charge on any atom is -0.508 e. The first-order chi connectivity index (χ1) is 23.0. The van der Waals surface area contributed by atoms with E-state index in [0.717, 1.165) is 17.7 Å². The summed E-state index contributed by atoms with van der Waals surface area (Å²) in [6.45, 7) is 3.45. The number of halogens is 5. The second-order valence-corrected chi connectivity index (χ2v) is 11.6. The maximum atomic E-state index is 15.0. The molecule has 0 aliphatic rings. The van der Waals surface area contributed by atoms with Gasteiger partial charge in [-0.05, 0) is 65.6 Å². The predicted molar refractivity (Wildman–Crippen MR) is 171 cm³/mol. The molecular weight excluding hydrogens is 676 g/mol. The van der Waals surface area contributed by atoms with Crippen LogP contribution in [0.25, 0.3) is 0 Å². The number of phenolic OH excluding ortho intramolecular Hbond substituents is 1. The van der Waals surface area contributed by atoms with Gasteiger partial charge in [0.15, 0.2) is 0 Å². The van der Waals surface area contributed by atoms with Crippen LogP contribution < -0.4 is 31.3 Å². The first-order valence-electron chi connectivity index (χ1n) is 14.3. The van der Waals surface area contributed by atoms with Crippen LogP contribution in [0.5, 0.6) is 11.8 Å². The number of nitrogens with one attached hydrogen (secondary N) is 5. The summed E-state index contributed by atoms with van der Waals surface area (Å²) in [6, 6.07) is 14.4. The Balaban J connectivity index is 1.35. The third-order valence-corrected chi connectivity index (χ3v) is 6.69. The van der Waals surface area contributed by atoms with Gasteiger partial charge >= 0.3 is 24.2 Å². The average molecular weight is 705 g/mol. The van der Waals surface area contributed by atoms with Crippen molar-refractivity contribution in [2.45, 2.75) is 26.8 Å². The largest absolute Gasteiger partial charge is 0.575 e. The molecule has 0 aliphatic carbocycles. The van der Waals surface area contributed by atoms with Gasteiger partial charge in [-0.1, -0.05) is 37.6 Å². The first-order valence-corrected chi connectivity index (χ1v) is 14.7. The molecule has 49 heavy (non-hydrogen) atoms. The van der Waals surface area contributed by atoms with Crippen LogP contribution in [0.3, 0.4) is 0 Å². The summed E-state index contributed by atoms with van der Waals surface area (Å²) in [5.74, 6) is -4.33. The van der Waals surface area contributed by atoms with Crippen molar-refractivity contribution in [1.29, 1.82) is 0 Å². The normalized spacial score (nSPS) is 11.3. The van der Waals surface area contributed by atoms with E-state index in [1.54, 1.807) is 38.1 Å². The van der Waals surface area contributed by atoms with Crippen molar-refractivity contribution in [2.24, 2.45) is 5.41 Å². The van der Waals surface area contributed by atoms with E-state index in [1.165, 1.54) is 30.3 Å². The SMILES string of the molecule is CC(C)(CNC(=O)C(=O)Nc1ccc(O)cc1)CNC(=O)c1ccc(Nc2nc(NCc3ccc(Cl)cc3)nc(OC(F)(F)F)n2)cc1F. The van der Waals surface area contributed by atoms with Crippen LogP contribution in [0.1, 0.15) is 29.8 Å². The van der Waals surface area contributed by atoms with Gasteiger partial charge in [-0.25, -0.2) is 4.39 Å². The minimum absolute atomic E-state index is 0.00418. The van der Waals surface area contributed by atoms with Gasteiger partial charge in [0, 0.05) is 36.0 Å². The Morgan fingerprint density at radius 3 is 2.12 bits per heavy atom. The van der Waals surface area contributed by atoms with Gasteiger partial charge < -0.3 is 36.4 Å². The second-order valence-electron chi connectivity index (χ2n) is 11.1. The van der Waals surface area contributed by atoms with Crippen molar-refractivity contribution in [3.8, 4) is 11.8 Å². The van der Waals surface area contributed by atoms with Crippen LogP contribution >= 0.6 is 11.6 Å². The highest BCUT2D eigenvalue weighted by Crippen LogP contribution is 2.24. The van der Waals surface area contributed by atoms with Gasteiger partial charge in [0.25, 0.3) is 5.91 Å². The fraction of sp³-hybridized carbons (Fsp3) is 0.226. The maximum absolute atomic E-state index is 15.0. The molecule has 0 unspecified atom stereocenters. The van der Waals surface area contributed by atoms with E-state index in [0.29, 0.717) is 10.7 Å². The number of alkyl halides is 3. The number of aromatic nitrogens is 3. The van der Waals surface area contributed by atoms with E-state index in [9.17, 15) is 32.7 Å². The summed E-state index contributed by atoms with van der Waals surface area (Å²) in [6.07, 6.45) is -5.10. The average Bonchev–Trinajstić information content (AvgIpc) is 3.02. The van der Waals surface area contributed by atoms with Crippen molar-refractivity contribution in [1.82, 2.24) is 25.6 Å². The number of carbonyl (C=O) groups is 3. The van der Waals surface area contributed by atoms with E-state index >= 15 is 4.39 Å². The molecule has 13 nitrogen and oxygen atoms in total. The number of hydrogen-bond donors (Lipinski definition) is 6. The lowest BCUT2D eigenvalue weighted by Crippen LogP contribution is -2.45. The predicted octanol–water partition coefficient (Wildman–Crippen LogP) is 5.13. The molecule has 0 saturated heterocycles. The highest BCUT2D eigenvalue weighted by molar-refractivity contribution is 6.39. The Morgan fingerprint density at radius 1 is 0.837 bits per heavy atom. The van der Waals surface area contributed by atoms with Gasteiger partial charge in [0.2, 0.25) is 11.9 Å².